The third-order valence-corrected chi connectivity index (χ3v) is 2.13. The SMILES string of the molecule is Cc1cc(F)cc(NC(=O)CCCCl)c1. The van der Waals surface area contributed by atoms with Crippen LogP contribution in [0.3, 0.4) is 0 Å². The van der Waals surface area contributed by atoms with Gasteiger partial charge >= 0.3 is 0 Å². The quantitative estimate of drug-likeness (QED) is 0.790. The molecule has 0 saturated heterocycles. The Kier molecular flexibility index (Phi) is 4.56. The van der Waals surface area contributed by atoms with Crippen LogP contribution < -0.4 is 5.32 Å². The van der Waals surface area contributed by atoms with E-state index in [0.29, 0.717) is 24.4 Å². The first kappa shape index (κ1) is 12.0. The van der Waals surface area contributed by atoms with E-state index in [1.54, 1.807) is 13.0 Å². The van der Waals surface area contributed by atoms with Gasteiger partial charge in [-0.25, -0.2) is 4.39 Å². The summed E-state index contributed by atoms with van der Waals surface area (Å²) in [7, 11) is 0. The van der Waals surface area contributed by atoms with Gasteiger partial charge in [-0.1, -0.05) is 0 Å². The molecule has 1 rings (SSSR count). The Morgan fingerprint density at radius 1 is 1.47 bits per heavy atom. The van der Waals surface area contributed by atoms with Crippen LogP contribution in [0.2, 0.25) is 0 Å². The van der Waals surface area contributed by atoms with Crippen LogP contribution in [-0.2, 0) is 4.79 Å². The highest BCUT2D eigenvalue weighted by Gasteiger charge is 2.03. The Balaban J connectivity index is 2.60. The van der Waals surface area contributed by atoms with Crippen molar-refractivity contribution in [3.63, 3.8) is 0 Å². The summed E-state index contributed by atoms with van der Waals surface area (Å²) in [6.45, 7) is 1.78. The molecule has 0 aliphatic heterocycles. The number of carbonyl (C=O) groups excluding carboxylic acids is 1. The molecule has 2 nitrogen and oxygen atoms in total. The van der Waals surface area contributed by atoms with Gasteiger partial charge in [0.15, 0.2) is 0 Å². The maximum Gasteiger partial charge on any atom is 0.224 e. The summed E-state index contributed by atoms with van der Waals surface area (Å²) >= 11 is 5.46. The minimum absolute atomic E-state index is 0.138. The molecule has 82 valence electrons. The summed E-state index contributed by atoms with van der Waals surface area (Å²) in [6, 6.07) is 4.43. The number of halogens is 2. The van der Waals surface area contributed by atoms with Gasteiger partial charge in [0.2, 0.25) is 5.91 Å². The number of benzene rings is 1. The van der Waals surface area contributed by atoms with Crippen molar-refractivity contribution in [3.05, 3.63) is 29.6 Å². The van der Waals surface area contributed by atoms with E-state index in [1.165, 1.54) is 12.1 Å². The summed E-state index contributed by atoms with van der Waals surface area (Å²) in [5.41, 5.74) is 1.27. The van der Waals surface area contributed by atoms with Gasteiger partial charge in [-0.2, -0.15) is 0 Å². The largest absolute Gasteiger partial charge is 0.326 e. The Morgan fingerprint density at radius 2 is 2.20 bits per heavy atom. The van der Waals surface area contributed by atoms with Crippen molar-refractivity contribution in [2.45, 2.75) is 19.8 Å². The lowest BCUT2D eigenvalue weighted by molar-refractivity contribution is -0.116. The second-order valence-electron chi connectivity index (χ2n) is 3.36. The van der Waals surface area contributed by atoms with E-state index in [9.17, 15) is 9.18 Å². The predicted octanol–water partition coefficient (Wildman–Crippen LogP) is 3.09. The molecule has 0 spiro atoms. The molecule has 0 unspecified atom stereocenters. The fourth-order valence-electron chi connectivity index (χ4n) is 1.26. The van der Waals surface area contributed by atoms with Gasteiger partial charge in [0.25, 0.3) is 0 Å². The summed E-state index contributed by atoms with van der Waals surface area (Å²) in [6.07, 6.45) is 0.987. The fourth-order valence-corrected chi connectivity index (χ4v) is 1.39. The summed E-state index contributed by atoms with van der Waals surface area (Å²) < 4.78 is 13.0. The zero-order chi connectivity index (χ0) is 11.3. The number of hydrogen-bond donors (Lipinski definition) is 1. The molecule has 0 aliphatic rings. The van der Waals surface area contributed by atoms with Crippen molar-refractivity contribution >= 4 is 23.2 Å². The number of carbonyl (C=O) groups is 1. The average Bonchev–Trinajstić information content (AvgIpc) is 2.13. The fraction of sp³-hybridized carbons (Fsp3) is 0.364. The molecule has 1 aromatic rings. The van der Waals surface area contributed by atoms with Crippen molar-refractivity contribution in [1.29, 1.82) is 0 Å². The van der Waals surface area contributed by atoms with Crippen LogP contribution in [0.25, 0.3) is 0 Å². The van der Waals surface area contributed by atoms with Crippen LogP contribution in [0, 0.1) is 12.7 Å². The number of aryl methyl sites for hydroxylation is 1. The predicted molar refractivity (Wildman–Crippen MR) is 59.7 cm³/mol. The molecular formula is C11H13ClFNO. The van der Waals surface area contributed by atoms with E-state index < -0.39 is 0 Å². The van der Waals surface area contributed by atoms with Crippen molar-refractivity contribution < 1.29 is 9.18 Å². The van der Waals surface area contributed by atoms with Crippen molar-refractivity contribution in [1.82, 2.24) is 0 Å². The zero-order valence-electron chi connectivity index (χ0n) is 8.52. The molecule has 1 N–H and O–H groups in total. The van der Waals surface area contributed by atoms with E-state index in [0.717, 1.165) is 5.56 Å². The molecule has 0 aliphatic carbocycles. The number of anilines is 1. The smallest absolute Gasteiger partial charge is 0.224 e. The second-order valence-corrected chi connectivity index (χ2v) is 3.74. The summed E-state index contributed by atoms with van der Waals surface area (Å²) in [5.74, 6) is -0.0291. The molecule has 0 fully saturated rings. The van der Waals surface area contributed by atoms with Gasteiger partial charge in [-0.3, -0.25) is 4.79 Å². The van der Waals surface area contributed by atoms with Crippen LogP contribution in [0.5, 0.6) is 0 Å². The minimum Gasteiger partial charge on any atom is -0.326 e. The Morgan fingerprint density at radius 3 is 2.80 bits per heavy atom. The lowest BCUT2D eigenvalue weighted by atomic mass is 10.2. The van der Waals surface area contributed by atoms with Gasteiger partial charge in [0.05, 0.1) is 0 Å². The number of rotatable bonds is 4. The Hall–Kier alpha value is -1.09. The molecule has 15 heavy (non-hydrogen) atoms. The van der Waals surface area contributed by atoms with E-state index in [-0.39, 0.29) is 11.7 Å². The van der Waals surface area contributed by atoms with Crippen LogP contribution >= 0.6 is 11.6 Å². The number of alkyl halides is 1. The molecule has 0 aromatic heterocycles. The minimum atomic E-state index is -0.345. The van der Waals surface area contributed by atoms with Gasteiger partial charge < -0.3 is 5.32 Å². The van der Waals surface area contributed by atoms with E-state index in [4.69, 9.17) is 11.6 Å². The highest BCUT2D eigenvalue weighted by molar-refractivity contribution is 6.18. The molecule has 1 aromatic carbocycles. The lowest BCUT2D eigenvalue weighted by Crippen LogP contribution is -2.11. The first-order valence-corrected chi connectivity index (χ1v) is 5.28. The van der Waals surface area contributed by atoms with Crippen LogP contribution in [0.1, 0.15) is 18.4 Å². The first-order valence-electron chi connectivity index (χ1n) is 4.75. The van der Waals surface area contributed by atoms with E-state index in [2.05, 4.69) is 5.32 Å². The molecule has 1 amide bonds. The van der Waals surface area contributed by atoms with E-state index >= 15 is 0 Å². The molecule has 0 atom stereocenters. The van der Waals surface area contributed by atoms with Gasteiger partial charge in [-0.05, 0) is 37.1 Å². The number of amides is 1. The lowest BCUT2D eigenvalue weighted by Gasteiger charge is -2.05. The van der Waals surface area contributed by atoms with Gasteiger partial charge in [0, 0.05) is 18.0 Å². The maximum absolute atomic E-state index is 13.0. The van der Waals surface area contributed by atoms with Crippen LogP contribution in [0.15, 0.2) is 18.2 Å². The molecular weight excluding hydrogens is 217 g/mol. The third-order valence-electron chi connectivity index (χ3n) is 1.86. The third kappa shape index (κ3) is 4.30. The number of hydrogen-bond acceptors (Lipinski definition) is 1. The Bertz CT molecular complexity index is 334. The van der Waals surface area contributed by atoms with Gasteiger partial charge in [-0.15, -0.1) is 11.6 Å². The van der Waals surface area contributed by atoms with Crippen molar-refractivity contribution in [2.75, 3.05) is 11.2 Å². The monoisotopic (exact) mass is 229 g/mol. The second kappa shape index (κ2) is 5.71. The van der Waals surface area contributed by atoms with Crippen LogP contribution in [-0.4, -0.2) is 11.8 Å². The number of nitrogens with one attached hydrogen (secondary N) is 1. The summed E-state index contributed by atoms with van der Waals surface area (Å²) in [5, 5.41) is 2.62. The highest BCUT2D eigenvalue weighted by atomic mass is 35.5. The first-order chi connectivity index (χ1) is 7.11. The molecule has 0 bridgehead atoms. The van der Waals surface area contributed by atoms with Crippen molar-refractivity contribution in [3.8, 4) is 0 Å². The topological polar surface area (TPSA) is 29.1 Å². The normalized spacial score (nSPS) is 10.1. The standard InChI is InChI=1S/C11H13ClFNO/c1-8-5-9(13)7-10(6-8)14-11(15)3-2-4-12/h5-7H,2-4H2,1H3,(H,14,15). The van der Waals surface area contributed by atoms with Crippen LogP contribution in [0.4, 0.5) is 10.1 Å². The van der Waals surface area contributed by atoms with E-state index in [1.807, 2.05) is 0 Å². The highest BCUT2D eigenvalue weighted by Crippen LogP contribution is 2.13. The molecule has 4 heteroatoms. The maximum atomic E-state index is 13.0. The van der Waals surface area contributed by atoms with Crippen molar-refractivity contribution in [2.24, 2.45) is 0 Å². The Labute approximate surface area is 93.4 Å². The molecule has 0 radical (unpaired) electrons. The van der Waals surface area contributed by atoms with Gasteiger partial charge in [0.1, 0.15) is 5.82 Å². The summed E-state index contributed by atoms with van der Waals surface area (Å²) in [4.78, 5) is 11.3. The molecule has 0 saturated carbocycles. The average molecular weight is 230 g/mol. The molecule has 0 heterocycles. The zero-order valence-corrected chi connectivity index (χ0v) is 9.27.